The lowest BCUT2D eigenvalue weighted by Crippen LogP contribution is -2.70. The number of likely N-dealkylation sites (tertiary alicyclic amines) is 1. The van der Waals surface area contributed by atoms with Crippen molar-refractivity contribution in [3.8, 4) is 0 Å². The van der Waals surface area contributed by atoms with Crippen LogP contribution in [0, 0.1) is 5.21 Å². The topological polar surface area (TPSA) is 58.6 Å². The van der Waals surface area contributed by atoms with Crippen molar-refractivity contribution in [1.29, 1.82) is 0 Å². The Morgan fingerprint density at radius 2 is 1.69 bits per heavy atom. The van der Waals surface area contributed by atoms with Gasteiger partial charge in [-0.1, -0.05) is 51.1 Å². The van der Waals surface area contributed by atoms with Gasteiger partial charge in [0.15, 0.2) is 20.5 Å². The number of carbonyl (C=O) groups is 1. The highest BCUT2D eigenvalue weighted by atomic mass is 28.4. The number of nitrogens with zero attached hydrogens (tertiary/aromatic N) is 1. The van der Waals surface area contributed by atoms with Crippen molar-refractivity contribution in [2.75, 3.05) is 6.54 Å². The number of benzene rings is 1. The summed E-state index contributed by atoms with van der Waals surface area (Å²) in [6, 6.07) is 12.0. The molecule has 3 atom stereocenters. The number of hydrogen-bond donors (Lipinski definition) is 0. The SMILES string of the molecule is CC[Si](CC)(CC)O[C@@H]1C[N+]([O-])(C(=O)OC(C)(C)C)[C@H]1c1ccccc1. The van der Waals surface area contributed by atoms with Crippen LogP contribution in [0.4, 0.5) is 4.79 Å². The fourth-order valence-electron chi connectivity index (χ4n) is 3.67. The van der Waals surface area contributed by atoms with Crippen LogP contribution < -0.4 is 0 Å². The van der Waals surface area contributed by atoms with Crippen LogP contribution >= 0.6 is 0 Å². The number of hydrogen-bond acceptors (Lipinski definition) is 4. The summed E-state index contributed by atoms with van der Waals surface area (Å²) in [5.74, 6) is 0. The monoisotopic (exact) mass is 379 g/mol. The largest absolute Gasteiger partial charge is 0.622 e. The maximum absolute atomic E-state index is 13.4. The molecule has 26 heavy (non-hydrogen) atoms. The summed E-state index contributed by atoms with van der Waals surface area (Å²) in [6.07, 6.45) is -0.947. The maximum Gasteiger partial charge on any atom is 0.517 e. The fraction of sp³-hybridized carbons (Fsp3) is 0.650. The zero-order valence-electron chi connectivity index (χ0n) is 17.0. The number of hydroxylamine groups is 3. The summed E-state index contributed by atoms with van der Waals surface area (Å²) in [6.45, 7) is 12.0. The Hall–Kier alpha value is -1.21. The van der Waals surface area contributed by atoms with E-state index in [1.54, 1.807) is 20.8 Å². The molecule has 0 radical (unpaired) electrons. The number of rotatable bonds is 6. The maximum atomic E-state index is 13.4. The number of amides is 1. The van der Waals surface area contributed by atoms with E-state index < -0.39 is 30.7 Å². The van der Waals surface area contributed by atoms with Crippen LogP contribution in [0.1, 0.15) is 53.1 Å². The van der Waals surface area contributed by atoms with Crippen LogP contribution in [0.25, 0.3) is 0 Å². The second kappa shape index (κ2) is 7.80. The minimum absolute atomic E-state index is 0.128. The van der Waals surface area contributed by atoms with Crippen LogP contribution in [0.3, 0.4) is 0 Å². The van der Waals surface area contributed by atoms with Gasteiger partial charge in [-0.2, -0.15) is 4.79 Å². The number of carbonyl (C=O) groups excluding carboxylic acids is 1. The second-order valence-electron chi connectivity index (χ2n) is 8.21. The van der Waals surface area contributed by atoms with Crippen molar-refractivity contribution < 1.29 is 18.6 Å². The first-order valence-electron chi connectivity index (χ1n) is 9.66. The van der Waals surface area contributed by atoms with E-state index in [2.05, 4.69) is 20.8 Å². The number of ether oxygens (including phenoxy) is 1. The zero-order valence-corrected chi connectivity index (χ0v) is 18.0. The first-order valence-corrected chi connectivity index (χ1v) is 12.2. The summed E-state index contributed by atoms with van der Waals surface area (Å²) in [5, 5.41) is 13.4. The van der Waals surface area contributed by atoms with Crippen molar-refractivity contribution in [1.82, 2.24) is 0 Å². The predicted molar refractivity (Wildman–Crippen MR) is 106 cm³/mol. The van der Waals surface area contributed by atoms with E-state index in [1.807, 2.05) is 30.3 Å². The molecule has 1 aromatic rings. The third-order valence-electron chi connectivity index (χ3n) is 5.43. The highest BCUT2D eigenvalue weighted by molar-refractivity contribution is 6.73. The molecule has 0 spiro atoms. The molecule has 1 aliphatic heterocycles. The van der Waals surface area contributed by atoms with Crippen LogP contribution in [-0.4, -0.2) is 37.3 Å². The summed E-state index contributed by atoms with van der Waals surface area (Å²) >= 11 is 0. The average Bonchev–Trinajstić information content (AvgIpc) is 2.58. The van der Waals surface area contributed by atoms with Crippen molar-refractivity contribution >= 4 is 14.4 Å². The smallest absolute Gasteiger partial charge is 0.517 e. The van der Waals surface area contributed by atoms with E-state index in [0.29, 0.717) is 0 Å². The van der Waals surface area contributed by atoms with Gasteiger partial charge in [0.2, 0.25) is 0 Å². The first-order chi connectivity index (χ1) is 12.1. The summed E-state index contributed by atoms with van der Waals surface area (Å²) in [7, 11) is -1.87. The summed E-state index contributed by atoms with van der Waals surface area (Å²) < 4.78 is 11.0. The molecule has 0 bridgehead atoms. The van der Waals surface area contributed by atoms with E-state index in [-0.39, 0.29) is 12.6 Å². The van der Waals surface area contributed by atoms with Crippen molar-refractivity contribution in [3.63, 3.8) is 0 Å². The Morgan fingerprint density at radius 3 is 2.15 bits per heavy atom. The molecule has 2 rings (SSSR count). The van der Waals surface area contributed by atoms with Crippen molar-refractivity contribution in [2.45, 2.75) is 77.4 Å². The number of quaternary nitrogens is 1. The minimum Gasteiger partial charge on any atom is -0.622 e. The Labute approximate surface area is 158 Å². The summed E-state index contributed by atoms with van der Waals surface area (Å²) in [5.41, 5.74) is 0.158. The lowest BCUT2D eigenvalue weighted by Gasteiger charge is -2.58. The second-order valence-corrected chi connectivity index (χ2v) is 12.9. The van der Waals surface area contributed by atoms with Crippen LogP contribution in [-0.2, 0) is 9.16 Å². The molecule has 1 saturated heterocycles. The highest BCUT2D eigenvalue weighted by Gasteiger charge is 2.58. The van der Waals surface area contributed by atoms with Gasteiger partial charge in [-0.3, -0.25) is 0 Å². The molecule has 1 heterocycles. The van der Waals surface area contributed by atoms with Gasteiger partial charge in [-0.25, -0.2) is 4.65 Å². The van der Waals surface area contributed by atoms with Gasteiger partial charge in [0.1, 0.15) is 12.1 Å². The third-order valence-corrected chi connectivity index (χ3v) is 10.1. The van der Waals surface area contributed by atoms with E-state index in [1.165, 1.54) is 0 Å². The lowest BCUT2D eigenvalue weighted by atomic mass is 9.91. The molecule has 1 unspecified atom stereocenters. The molecule has 0 aliphatic carbocycles. The molecule has 5 nitrogen and oxygen atoms in total. The van der Waals surface area contributed by atoms with Gasteiger partial charge in [-0.05, 0) is 38.9 Å². The molecule has 1 aromatic carbocycles. The predicted octanol–water partition coefficient (Wildman–Crippen LogP) is 5.38. The lowest BCUT2D eigenvalue weighted by molar-refractivity contribution is -0.897. The van der Waals surface area contributed by atoms with E-state index in [4.69, 9.17) is 9.16 Å². The molecule has 146 valence electrons. The van der Waals surface area contributed by atoms with Crippen LogP contribution in [0.5, 0.6) is 0 Å². The Kier molecular flexibility index (Phi) is 6.33. The van der Waals surface area contributed by atoms with Gasteiger partial charge >= 0.3 is 6.09 Å². The van der Waals surface area contributed by atoms with Gasteiger partial charge in [0.25, 0.3) is 0 Å². The molecule has 0 N–H and O–H groups in total. The molecular formula is C20H33NO4Si. The van der Waals surface area contributed by atoms with Gasteiger partial charge in [-0.15, -0.1) is 0 Å². The van der Waals surface area contributed by atoms with Crippen LogP contribution in [0.2, 0.25) is 18.1 Å². The molecule has 0 saturated carbocycles. The van der Waals surface area contributed by atoms with Crippen LogP contribution in [0.15, 0.2) is 30.3 Å². The highest BCUT2D eigenvalue weighted by Crippen LogP contribution is 2.45. The fourth-order valence-corrected chi connectivity index (χ4v) is 6.51. The Balaban J connectivity index is 2.31. The molecular weight excluding hydrogens is 346 g/mol. The van der Waals surface area contributed by atoms with E-state index in [9.17, 15) is 10.0 Å². The van der Waals surface area contributed by atoms with Gasteiger partial charge in [0.05, 0.1) is 0 Å². The molecule has 1 fully saturated rings. The van der Waals surface area contributed by atoms with Crippen molar-refractivity contribution in [3.05, 3.63) is 41.1 Å². The normalized spacial score (nSPS) is 26.3. The van der Waals surface area contributed by atoms with Gasteiger partial charge < -0.3 is 14.4 Å². The third kappa shape index (κ3) is 4.19. The van der Waals surface area contributed by atoms with E-state index >= 15 is 0 Å². The average molecular weight is 380 g/mol. The zero-order chi connectivity index (χ0) is 19.6. The Morgan fingerprint density at radius 1 is 1.15 bits per heavy atom. The van der Waals surface area contributed by atoms with Crippen molar-refractivity contribution in [2.24, 2.45) is 0 Å². The minimum atomic E-state index is -1.87. The molecule has 1 aliphatic rings. The standard InChI is InChI=1S/C20H33NO4Si/c1-7-26(8-2,9-3)25-17-15-21(23,19(22)24-20(4,5)6)18(17)16-13-11-10-12-14-16/h10-14,17-18H,7-9,15H2,1-6H3/t17-,18+,21?/m1/s1. The first kappa shape index (κ1) is 21.1. The van der Waals surface area contributed by atoms with E-state index in [0.717, 1.165) is 23.7 Å². The quantitative estimate of drug-likeness (QED) is 0.378. The summed E-state index contributed by atoms with van der Waals surface area (Å²) in [4.78, 5) is 12.7. The Bertz CT molecular complexity index is 604. The molecule has 6 heteroatoms. The molecule has 1 amide bonds. The van der Waals surface area contributed by atoms with Gasteiger partial charge in [0, 0.05) is 5.56 Å². The molecule has 0 aromatic heterocycles.